The maximum Gasteiger partial charge on any atom is 0.511 e. The molecule has 7 nitrogen and oxygen atoms in total. The Balaban J connectivity index is 2.31. The van der Waals surface area contributed by atoms with Crippen LogP contribution in [0.3, 0.4) is 0 Å². The molecule has 0 unspecified atom stereocenters. The SMILES string of the molecule is CCn1cc(OC(=O)O)c(=O)c2cc3c(nc21)CCO3. The topological polar surface area (TPSA) is 90.7 Å². The fourth-order valence-corrected chi connectivity index (χ4v) is 2.27. The van der Waals surface area contributed by atoms with Crippen molar-refractivity contribution in [3.05, 3.63) is 28.2 Å². The van der Waals surface area contributed by atoms with Crippen molar-refractivity contribution in [1.82, 2.24) is 9.55 Å². The molecule has 104 valence electrons. The van der Waals surface area contributed by atoms with Crippen LogP contribution in [0.1, 0.15) is 12.6 Å². The minimum absolute atomic E-state index is 0.230. The highest BCUT2D eigenvalue weighted by Gasteiger charge is 2.19. The largest absolute Gasteiger partial charge is 0.511 e. The third-order valence-electron chi connectivity index (χ3n) is 3.19. The zero-order valence-corrected chi connectivity index (χ0v) is 10.8. The van der Waals surface area contributed by atoms with Crippen molar-refractivity contribution in [1.29, 1.82) is 0 Å². The zero-order chi connectivity index (χ0) is 14.3. The Labute approximate surface area is 113 Å². The fourth-order valence-electron chi connectivity index (χ4n) is 2.27. The van der Waals surface area contributed by atoms with Gasteiger partial charge in [-0.15, -0.1) is 0 Å². The van der Waals surface area contributed by atoms with Gasteiger partial charge in [-0.25, -0.2) is 9.78 Å². The Morgan fingerprint density at radius 3 is 3.10 bits per heavy atom. The predicted octanol–water partition coefficient (Wildman–Crippen LogP) is 1.41. The van der Waals surface area contributed by atoms with Gasteiger partial charge in [-0.2, -0.15) is 0 Å². The average Bonchev–Trinajstić information content (AvgIpc) is 2.87. The highest BCUT2D eigenvalue weighted by atomic mass is 16.7. The minimum atomic E-state index is -1.52. The van der Waals surface area contributed by atoms with E-state index in [-0.39, 0.29) is 5.75 Å². The second kappa shape index (κ2) is 4.52. The normalized spacial score (nSPS) is 13.1. The van der Waals surface area contributed by atoms with E-state index in [1.54, 1.807) is 10.6 Å². The summed E-state index contributed by atoms with van der Waals surface area (Å²) in [5.74, 6) is 0.344. The summed E-state index contributed by atoms with van der Waals surface area (Å²) in [4.78, 5) is 27.3. The molecule has 7 heteroatoms. The van der Waals surface area contributed by atoms with E-state index in [4.69, 9.17) is 9.84 Å². The number of hydrogen-bond acceptors (Lipinski definition) is 5. The van der Waals surface area contributed by atoms with Crippen molar-refractivity contribution < 1.29 is 19.4 Å². The van der Waals surface area contributed by atoms with Gasteiger partial charge in [0.05, 0.1) is 23.9 Å². The zero-order valence-electron chi connectivity index (χ0n) is 10.8. The van der Waals surface area contributed by atoms with E-state index >= 15 is 0 Å². The number of carbonyl (C=O) groups is 1. The smallest absolute Gasteiger partial charge is 0.491 e. The predicted molar refractivity (Wildman–Crippen MR) is 69.5 cm³/mol. The van der Waals surface area contributed by atoms with Gasteiger partial charge in [0.2, 0.25) is 5.43 Å². The number of carboxylic acid groups (broad SMARTS) is 1. The van der Waals surface area contributed by atoms with Crippen LogP contribution in [0.15, 0.2) is 17.1 Å². The van der Waals surface area contributed by atoms with Crippen molar-refractivity contribution in [2.75, 3.05) is 6.61 Å². The number of nitrogens with zero attached hydrogens (tertiary/aromatic N) is 2. The van der Waals surface area contributed by atoms with Gasteiger partial charge in [-0.3, -0.25) is 4.79 Å². The van der Waals surface area contributed by atoms with Crippen LogP contribution in [-0.2, 0) is 13.0 Å². The third-order valence-corrected chi connectivity index (χ3v) is 3.19. The summed E-state index contributed by atoms with van der Waals surface area (Å²) in [6.07, 6.45) is 0.555. The fraction of sp³-hybridized carbons (Fsp3) is 0.308. The lowest BCUT2D eigenvalue weighted by molar-refractivity contribution is 0.144. The van der Waals surface area contributed by atoms with E-state index in [1.807, 2.05) is 6.92 Å². The van der Waals surface area contributed by atoms with Gasteiger partial charge in [-0.1, -0.05) is 0 Å². The maximum absolute atomic E-state index is 12.2. The molecule has 0 bridgehead atoms. The average molecular weight is 276 g/mol. The monoisotopic (exact) mass is 276 g/mol. The molecule has 2 aromatic heterocycles. The van der Waals surface area contributed by atoms with Crippen LogP contribution in [-0.4, -0.2) is 27.4 Å². The Morgan fingerprint density at radius 1 is 1.60 bits per heavy atom. The first-order chi connectivity index (χ1) is 9.60. The van der Waals surface area contributed by atoms with E-state index < -0.39 is 11.6 Å². The molecule has 0 radical (unpaired) electrons. The summed E-state index contributed by atoms with van der Waals surface area (Å²) >= 11 is 0. The van der Waals surface area contributed by atoms with E-state index in [1.165, 1.54) is 6.20 Å². The van der Waals surface area contributed by atoms with Crippen LogP contribution in [0.2, 0.25) is 0 Å². The standard InChI is InChI=1S/C13H12N2O5/c1-2-15-6-10(20-13(17)18)11(16)7-5-9-8(3-4-19-9)14-12(7)15/h5-6H,2-4H2,1H3,(H,17,18). The molecule has 3 heterocycles. The molecule has 0 saturated heterocycles. The molecule has 0 saturated carbocycles. The first-order valence-corrected chi connectivity index (χ1v) is 6.20. The molecule has 1 aliphatic rings. The number of pyridine rings is 2. The summed E-state index contributed by atoms with van der Waals surface area (Å²) < 4.78 is 11.6. The maximum atomic E-state index is 12.2. The van der Waals surface area contributed by atoms with E-state index in [0.29, 0.717) is 36.4 Å². The van der Waals surface area contributed by atoms with Gasteiger partial charge >= 0.3 is 6.16 Å². The summed E-state index contributed by atoms with van der Waals surface area (Å²) in [6.45, 7) is 2.96. The van der Waals surface area contributed by atoms with Crippen molar-refractivity contribution >= 4 is 17.2 Å². The molecule has 0 aliphatic carbocycles. The molecular formula is C13H12N2O5. The molecule has 0 atom stereocenters. The van der Waals surface area contributed by atoms with Gasteiger partial charge < -0.3 is 19.1 Å². The number of aryl methyl sites for hydroxylation is 1. The molecule has 0 fully saturated rings. The van der Waals surface area contributed by atoms with E-state index in [0.717, 1.165) is 5.69 Å². The third kappa shape index (κ3) is 1.87. The first-order valence-electron chi connectivity index (χ1n) is 6.20. The minimum Gasteiger partial charge on any atom is -0.491 e. The van der Waals surface area contributed by atoms with Crippen LogP contribution in [0.25, 0.3) is 11.0 Å². The van der Waals surface area contributed by atoms with Crippen molar-refractivity contribution in [3.63, 3.8) is 0 Å². The van der Waals surface area contributed by atoms with Crippen molar-refractivity contribution in [3.8, 4) is 11.5 Å². The molecule has 0 amide bonds. The van der Waals surface area contributed by atoms with Crippen LogP contribution in [0.5, 0.6) is 11.5 Å². The Morgan fingerprint density at radius 2 is 2.40 bits per heavy atom. The van der Waals surface area contributed by atoms with Crippen LogP contribution in [0, 0.1) is 0 Å². The van der Waals surface area contributed by atoms with E-state index in [2.05, 4.69) is 9.72 Å². The lowest BCUT2D eigenvalue weighted by Gasteiger charge is -2.11. The van der Waals surface area contributed by atoms with E-state index in [9.17, 15) is 9.59 Å². The molecule has 0 spiro atoms. The lowest BCUT2D eigenvalue weighted by atomic mass is 10.2. The Kier molecular flexibility index (Phi) is 2.81. The highest BCUT2D eigenvalue weighted by Crippen LogP contribution is 2.27. The molecule has 3 rings (SSSR count). The number of ether oxygens (including phenoxy) is 2. The molecule has 20 heavy (non-hydrogen) atoms. The summed E-state index contributed by atoms with van der Waals surface area (Å²) in [6, 6.07) is 1.61. The van der Waals surface area contributed by atoms with Gasteiger partial charge in [0.15, 0.2) is 5.75 Å². The van der Waals surface area contributed by atoms with Gasteiger partial charge in [-0.05, 0) is 13.0 Å². The lowest BCUT2D eigenvalue weighted by Crippen LogP contribution is -2.17. The van der Waals surface area contributed by atoms with Crippen molar-refractivity contribution in [2.45, 2.75) is 19.9 Å². The van der Waals surface area contributed by atoms with Gasteiger partial charge in [0, 0.05) is 13.0 Å². The summed E-state index contributed by atoms with van der Waals surface area (Å²) in [5.41, 5.74) is 0.823. The van der Waals surface area contributed by atoms with Gasteiger partial charge in [0.1, 0.15) is 11.4 Å². The second-order valence-electron chi connectivity index (χ2n) is 4.38. The summed E-state index contributed by atoms with van der Waals surface area (Å²) in [5, 5.41) is 8.97. The number of fused-ring (bicyclic) bond motifs is 2. The molecular weight excluding hydrogens is 264 g/mol. The quantitative estimate of drug-likeness (QED) is 0.834. The molecule has 1 aliphatic heterocycles. The molecule has 1 N–H and O–H groups in total. The van der Waals surface area contributed by atoms with Gasteiger partial charge in [0.25, 0.3) is 0 Å². The van der Waals surface area contributed by atoms with Crippen LogP contribution < -0.4 is 14.9 Å². The molecule has 2 aromatic rings. The van der Waals surface area contributed by atoms with Crippen LogP contribution in [0.4, 0.5) is 4.79 Å². The van der Waals surface area contributed by atoms with Crippen molar-refractivity contribution in [2.24, 2.45) is 0 Å². The number of aromatic nitrogens is 2. The highest BCUT2D eigenvalue weighted by molar-refractivity contribution is 5.79. The van der Waals surface area contributed by atoms with Crippen LogP contribution >= 0.6 is 0 Å². The molecule has 0 aromatic carbocycles. The number of rotatable bonds is 2. The first kappa shape index (κ1) is 12.5. The number of hydrogen-bond donors (Lipinski definition) is 1. The Bertz CT molecular complexity index is 765. The Hall–Kier alpha value is -2.57. The second-order valence-corrected chi connectivity index (χ2v) is 4.38. The summed E-state index contributed by atoms with van der Waals surface area (Å²) in [7, 11) is 0.